The summed E-state index contributed by atoms with van der Waals surface area (Å²) in [5.74, 6) is 0.477. The SMILES string of the molecule is NCCc1ccnc(-c2cccc([N+](=O)[O-])c2)n1. The number of rotatable bonds is 4. The van der Waals surface area contributed by atoms with E-state index in [0.29, 0.717) is 24.4 Å². The van der Waals surface area contributed by atoms with Gasteiger partial charge < -0.3 is 5.73 Å². The number of nitrogens with zero attached hydrogens (tertiary/aromatic N) is 3. The zero-order valence-electron chi connectivity index (χ0n) is 9.61. The molecule has 18 heavy (non-hydrogen) atoms. The average molecular weight is 244 g/mol. The van der Waals surface area contributed by atoms with Crippen molar-refractivity contribution in [2.45, 2.75) is 6.42 Å². The molecule has 0 aliphatic heterocycles. The molecule has 0 radical (unpaired) electrons. The highest BCUT2D eigenvalue weighted by Gasteiger charge is 2.09. The van der Waals surface area contributed by atoms with Gasteiger partial charge in [-0.2, -0.15) is 0 Å². The topological polar surface area (TPSA) is 94.9 Å². The Labute approximate surface area is 104 Å². The molecule has 2 aromatic rings. The van der Waals surface area contributed by atoms with E-state index < -0.39 is 4.92 Å². The highest BCUT2D eigenvalue weighted by atomic mass is 16.6. The maximum absolute atomic E-state index is 10.7. The van der Waals surface area contributed by atoms with Gasteiger partial charge in [-0.05, 0) is 12.6 Å². The maximum atomic E-state index is 10.7. The van der Waals surface area contributed by atoms with E-state index >= 15 is 0 Å². The molecule has 0 atom stereocenters. The third-order valence-electron chi connectivity index (χ3n) is 2.43. The van der Waals surface area contributed by atoms with Gasteiger partial charge in [-0.25, -0.2) is 9.97 Å². The van der Waals surface area contributed by atoms with E-state index in [-0.39, 0.29) is 5.69 Å². The third-order valence-corrected chi connectivity index (χ3v) is 2.43. The summed E-state index contributed by atoms with van der Waals surface area (Å²) >= 11 is 0. The first kappa shape index (κ1) is 12.1. The first-order valence-corrected chi connectivity index (χ1v) is 5.47. The standard InChI is InChI=1S/C12H12N4O2/c13-6-4-10-5-7-14-12(15-10)9-2-1-3-11(8-9)16(17)18/h1-3,5,7-8H,4,6,13H2. The van der Waals surface area contributed by atoms with Gasteiger partial charge in [0.25, 0.3) is 5.69 Å². The second kappa shape index (κ2) is 5.33. The molecule has 0 bridgehead atoms. The highest BCUT2D eigenvalue weighted by molar-refractivity contribution is 5.58. The molecule has 0 aliphatic rings. The van der Waals surface area contributed by atoms with Crippen molar-refractivity contribution in [3.05, 3.63) is 52.3 Å². The predicted octanol–water partition coefficient (Wildman–Crippen LogP) is 1.55. The lowest BCUT2D eigenvalue weighted by Gasteiger charge is -2.02. The molecule has 2 N–H and O–H groups in total. The molecule has 6 heteroatoms. The van der Waals surface area contributed by atoms with E-state index in [2.05, 4.69) is 9.97 Å². The summed E-state index contributed by atoms with van der Waals surface area (Å²) in [4.78, 5) is 18.7. The largest absolute Gasteiger partial charge is 0.330 e. The molecule has 0 unspecified atom stereocenters. The van der Waals surface area contributed by atoms with Crippen molar-refractivity contribution in [3.63, 3.8) is 0 Å². The Kier molecular flexibility index (Phi) is 3.59. The smallest absolute Gasteiger partial charge is 0.270 e. The minimum Gasteiger partial charge on any atom is -0.330 e. The Hall–Kier alpha value is -2.34. The summed E-state index contributed by atoms with van der Waals surface area (Å²) in [6.07, 6.45) is 2.29. The number of nitro benzene ring substituents is 1. The Balaban J connectivity index is 2.38. The fourth-order valence-electron chi connectivity index (χ4n) is 1.58. The van der Waals surface area contributed by atoms with Crippen LogP contribution in [0.1, 0.15) is 5.69 Å². The zero-order chi connectivity index (χ0) is 13.0. The molecule has 1 aromatic carbocycles. The fourth-order valence-corrected chi connectivity index (χ4v) is 1.58. The molecule has 0 fully saturated rings. The minimum atomic E-state index is -0.437. The van der Waals surface area contributed by atoms with E-state index in [9.17, 15) is 10.1 Å². The van der Waals surface area contributed by atoms with Crippen molar-refractivity contribution in [1.29, 1.82) is 0 Å². The van der Waals surface area contributed by atoms with Crippen LogP contribution in [0.5, 0.6) is 0 Å². The maximum Gasteiger partial charge on any atom is 0.270 e. The molecule has 2 rings (SSSR count). The predicted molar refractivity (Wildman–Crippen MR) is 66.9 cm³/mol. The molecule has 0 aliphatic carbocycles. The zero-order valence-corrected chi connectivity index (χ0v) is 9.61. The first-order chi connectivity index (χ1) is 8.70. The molecular formula is C12H12N4O2. The van der Waals surface area contributed by atoms with Crippen molar-refractivity contribution in [1.82, 2.24) is 9.97 Å². The number of benzene rings is 1. The van der Waals surface area contributed by atoms with Gasteiger partial charge in [0.15, 0.2) is 5.82 Å². The van der Waals surface area contributed by atoms with Crippen LogP contribution in [0, 0.1) is 10.1 Å². The van der Waals surface area contributed by atoms with Crippen LogP contribution in [0.15, 0.2) is 36.5 Å². The van der Waals surface area contributed by atoms with E-state index in [1.807, 2.05) is 0 Å². The first-order valence-electron chi connectivity index (χ1n) is 5.47. The number of aromatic nitrogens is 2. The quantitative estimate of drug-likeness (QED) is 0.650. The van der Waals surface area contributed by atoms with Crippen molar-refractivity contribution in [2.24, 2.45) is 5.73 Å². The second-order valence-electron chi connectivity index (χ2n) is 3.72. The van der Waals surface area contributed by atoms with Crippen LogP contribution < -0.4 is 5.73 Å². The Bertz CT molecular complexity index is 572. The molecule has 92 valence electrons. The number of nitrogens with two attached hydrogens (primary N) is 1. The van der Waals surface area contributed by atoms with Crippen LogP contribution in [-0.4, -0.2) is 21.4 Å². The Morgan fingerprint density at radius 3 is 2.89 bits per heavy atom. The average Bonchev–Trinajstić information content (AvgIpc) is 2.39. The summed E-state index contributed by atoms with van der Waals surface area (Å²) in [5.41, 5.74) is 6.95. The van der Waals surface area contributed by atoms with Gasteiger partial charge in [-0.3, -0.25) is 10.1 Å². The van der Waals surface area contributed by atoms with Crippen LogP contribution >= 0.6 is 0 Å². The lowest BCUT2D eigenvalue weighted by atomic mass is 10.2. The monoisotopic (exact) mass is 244 g/mol. The van der Waals surface area contributed by atoms with E-state index in [1.165, 1.54) is 12.1 Å². The molecule has 0 saturated carbocycles. The Morgan fingerprint density at radius 2 is 2.17 bits per heavy atom. The van der Waals surface area contributed by atoms with Crippen molar-refractivity contribution in [2.75, 3.05) is 6.54 Å². The van der Waals surface area contributed by atoms with Gasteiger partial charge >= 0.3 is 0 Å². The molecule has 0 amide bonds. The summed E-state index contributed by atoms with van der Waals surface area (Å²) in [6.45, 7) is 0.505. The lowest BCUT2D eigenvalue weighted by Crippen LogP contribution is -2.05. The molecule has 1 heterocycles. The molecule has 1 aromatic heterocycles. The molecule has 6 nitrogen and oxygen atoms in total. The minimum absolute atomic E-state index is 0.0281. The Morgan fingerprint density at radius 1 is 1.33 bits per heavy atom. The second-order valence-corrected chi connectivity index (χ2v) is 3.72. The van der Waals surface area contributed by atoms with Crippen LogP contribution in [0.3, 0.4) is 0 Å². The highest BCUT2D eigenvalue weighted by Crippen LogP contribution is 2.20. The van der Waals surface area contributed by atoms with Crippen molar-refractivity contribution < 1.29 is 4.92 Å². The number of hydrogen-bond donors (Lipinski definition) is 1. The van der Waals surface area contributed by atoms with E-state index in [1.54, 1.807) is 24.4 Å². The summed E-state index contributed by atoms with van der Waals surface area (Å²) < 4.78 is 0. The van der Waals surface area contributed by atoms with Crippen molar-refractivity contribution in [3.8, 4) is 11.4 Å². The number of non-ortho nitro benzene ring substituents is 1. The van der Waals surface area contributed by atoms with Crippen LogP contribution in [-0.2, 0) is 6.42 Å². The van der Waals surface area contributed by atoms with Crippen LogP contribution in [0.4, 0.5) is 5.69 Å². The third kappa shape index (κ3) is 2.67. The van der Waals surface area contributed by atoms with Gasteiger partial charge in [0.1, 0.15) is 0 Å². The fraction of sp³-hybridized carbons (Fsp3) is 0.167. The van der Waals surface area contributed by atoms with Crippen molar-refractivity contribution >= 4 is 5.69 Å². The molecular weight excluding hydrogens is 232 g/mol. The summed E-state index contributed by atoms with van der Waals surface area (Å²) in [7, 11) is 0. The van der Waals surface area contributed by atoms with Gasteiger partial charge in [-0.15, -0.1) is 0 Å². The lowest BCUT2D eigenvalue weighted by molar-refractivity contribution is -0.384. The summed E-state index contributed by atoms with van der Waals surface area (Å²) in [5, 5.41) is 10.7. The number of nitro groups is 1. The molecule has 0 spiro atoms. The summed E-state index contributed by atoms with van der Waals surface area (Å²) in [6, 6.07) is 8.05. The van der Waals surface area contributed by atoms with Crippen LogP contribution in [0.2, 0.25) is 0 Å². The van der Waals surface area contributed by atoms with E-state index in [4.69, 9.17) is 5.73 Å². The van der Waals surface area contributed by atoms with Gasteiger partial charge in [0.2, 0.25) is 0 Å². The molecule has 0 saturated heterocycles. The van der Waals surface area contributed by atoms with Gasteiger partial charge in [0, 0.05) is 36.0 Å². The normalized spacial score (nSPS) is 10.3. The van der Waals surface area contributed by atoms with Gasteiger partial charge in [0.05, 0.1) is 4.92 Å². The van der Waals surface area contributed by atoms with Gasteiger partial charge in [-0.1, -0.05) is 12.1 Å². The van der Waals surface area contributed by atoms with Crippen LogP contribution in [0.25, 0.3) is 11.4 Å². The van der Waals surface area contributed by atoms with E-state index in [0.717, 1.165) is 5.69 Å². The number of hydrogen-bond acceptors (Lipinski definition) is 5.